The molecule has 0 amide bonds. The van der Waals surface area contributed by atoms with E-state index in [4.69, 9.17) is 0 Å². The van der Waals surface area contributed by atoms with Gasteiger partial charge in [0.2, 0.25) is 5.95 Å². The molecule has 3 aromatic rings. The quantitative estimate of drug-likeness (QED) is 0.611. The summed E-state index contributed by atoms with van der Waals surface area (Å²) in [5.74, 6) is 2.65. The van der Waals surface area contributed by atoms with Crippen molar-refractivity contribution in [2.24, 2.45) is 5.92 Å². The van der Waals surface area contributed by atoms with Crippen molar-refractivity contribution >= 4 is 33.3 Å². The van der Waals surface area contributed by atoms with Gasteiger partial charge in [-0.05, 0) is 49.8 Å². The van der Waals surface area contributed by atoms with Crippen LogP contribution in [0.1, 0.15) is 30.2 Å². The lowest BCUT2D eigenvalue weighted by atomic mass is 9.89. The Morgan fingerprint density at radius 1 is 1.10 bits per heavy atom. The first kappa shape index (κ1) is 19.6. The average Bonchev–Trinajstić information content (AvgIpc) is 3.16. The lowest BCUT2D eigenvalue weighted by Crippen LogP contribution is -2.47. The van der Waals surface area contributed by atoms with Crippen molar-refractivity contribution in [3.05, 3.63) is 35.2 Å². The van der Waals surface area contributed by atoms with E-state index >= 15 is 0 Å². The number of anilines is 2. The van der Waals surface area contributed by atoms with Gasteiger partial charge < -0.3 is 10.2 Å². The van der Waals surface area contributed by atoms with Gasteiger partial charge in [-0.25, -0.2) is 19.9 Å². The predicted molar refractivity (Wildman–Crippen MR) is 122 cm³/mol. The van der Waals surface area contributed by atoms with Crippen LogP contribution in [-0.4, -0.2) is 64.1 Å². The number of fused-ring (bicyclic) bond motifs is 3. The van der Waals surface area contributed by atoms with E-state index in [2.05, 4.69) is 42.0 Å². The Hall–Kier alpha value is -2.32. The van der Waals surface area contributed by atoms with Crippen molar-refractivity contribution in [3.8, 4) is 0 Å². The van der Waals surface area contributed by atoms with E-state index in [0.29, 0.717) is 0 Å². The summed E-state index contributed by atoms with van der Waals surface area (Å²) >= 11 is 1.86. The molecule has 1 atom stereocenters. The van der Waals surface area contributed by atoms with Gasteiger partial charge in [-0.3, -0.25) is 4.90 Å². The fourth-order valence-electron chi connectivity index (χ4n) is 4.54. The molecule has 0 spiro atoms. The number of aromatic nitrogens is 4. The Balaban J connectivity index is 1.13. The first-order chi connectivity index (χ1) is 14.8. The highest BCUT2D eigenvalue weighted by Crippen LogP contribution is 2.39. The Labute approximate surface area is 181 Å². The SMILES string of the molecule is CC1CCc2c(sc3ncnc(NCCCN4CCN(c5ncccn5)CC4)c23)C1. The van der Waals surface area contributed by atoms with E-state index in [0.717, 1.165) is 74.6 Å². The lowest BCUT2D eigenvalue weighted by Gasteiger charge is -2.34. The summed E-state index contributed by atoms with van der Waals surface area (Å²) in [5.41, 5.74) is 1.50. The van der Waals surface area contributed by atoms with Gasteiger partial charge in [-0.15, -0.1) is 11.3 Å². The Morgan fingerprint density at radius 3 is 2.77 bits per heavy atom. The Bertz CT molecular complexity index is 982. The molecule has 1 aliphatic carbocycles. The van der Waals surface area contributed by atoms with Crippen LogP contribution in [0.3, 0.4) is 0 Å². The molecule has 0 saturated carbocycles. The Morgan fingerprint density at radius 2 is 1.93 bits per heavy atom. The van der Waals surface area contributed by atoms with Gasteiger partial charge in [0.15, 0.2) is 0 Å². The van der Waals surface area contributed by atoms with Crippen LogP contribution >= 0.6 is 11.3 Å². The summed E-state index contributed by atoms with van der Waals surface area (Å²) in [6.07, 6.45) is 10.1. The molecule has 3 aromatic heterocycles. The number of piperazine rings is 1. The van der Waals surface area contributed by atoms with Crippen molar-refractivity contribution < 1.29 is 0 Å². The number of rotatable bonds is 6. The second-order valence-electron chi connectivity index (χ2n) is 8.41. The summed E-state index contributed by atoms with van der Waals surface area (Å²) in [4.78, 5) is 25.3. The maximum atomic E-state index is 4.58. The van der Waals surface area contributed by atoms with E-state index in [-0.39, 0.29) is 0 Å². The predicted octanol–water partition coefficient (Wildman–Crippen LogP) is 3.23. The molecular weight excluding hydrogens is 394 g/mol. The summed E-state index contributed by atoms with van der Waals surface area (Å²) < 4.78 is 0. The smallest absolute Gasteiger partial charge is 0.225 e. The maximum Gasteiger partial charge on any atom is 0.225 e. The van der Waals surface area contributed by atoms with Crippen LogP contribution in [0.25, 0.3) is 10.2 Å². The van der Waals surface area contributed by atoms with Crippen LogP contribution in [0.2, 0.25) is 0 Å². The topological polar surface area (TPSA) is 70.1 Å². The number of hydrogen-bond acceptors (Lipinski definition) is 8. The van der Waals surface area contributed by atoms with Crippen LogP contribution in [0.4, 0.5) is 11.8 Å². The van der Waals surface area contributed by atoms with E-state index in [1.54, 1.807) is 6.33 Å². The van der Waals surface area contributed by atoms with Gasteiger partial charge in [-0.1, -0.05) is 6.92 Å². The molecule has 1 aliphatic heterocycles. The fraction of sp³-hybridized carbons (Fsp3) is 0.545. The fourth-order valence-corrected chi connectivity index (χ4v) is 5.89. The normalized spacial score (nSPS) is 19.8. The molecule has 1 fully saturated rings. The molecule has 1 saturated heterocycles. The minimum absolute atomic E-state index is 0.781. The maximum absolute atomic E-state index is 4.58. The molecule has 4 heterocycles. The second-order valence-corrected chi connectivity index (χ2v) is 9.50. The van der Waals surface area contributed by atoms with Crippen molar-refractivity contribution in [2.45, 2.75) is 32.6 Å². The monoisotopic (exact) mass is 423 g/mol. The van der Waals surface area contributed by atoms with Gasteiger partial charge >= 0.3 is 0 Å². The number of nitrogens with one attached hydrogen (secondary N) is 1. The Kier molecular flexibility index (Phi) is 5.77. The minimum atomic E-state index is 0.781. The first-order valence-electron chi connectivity index (χ1n) is 11.0. The summed E-state index contributed by atoms with van der Waals surface area (Å²) in [7, 11) is 0. The van der Waals surface area contributed by atoms with Gasteiger partial charge in [0.1, 0.15) is 17.0 Å². The van der Waals surface area contributed by atoms with E-state index < -0.39 is 0 Å². The van der Waals surface area contributed by atoms with Gasteiger partial charge in [0.25, 0.3) is 0 Å². The van der Waals surface area contributed by atoms with Crippen LogP contribution in [0.15, 0.2) is 24.8 Å². The van der Waals surface area contributed by atoms with Crippen molar-refractivity contribution in [3.63, 3.8) is 0 Å². The average molecular weight is 424 g/mol. The lowest BCUT2D eigenvalue weighted by molar-refractivity contribution is 0.256. The van der Waals surface area contributed by atoms with Gasteiger partial charge in [0.05, 0.1) is 5.39 Å². The molecule has 0 bridgehead atoms. The molecule has 5 rings (SSSR count). The van der Waals surface area contributed by atoms with Crippen LogP contribution in [0, 0.1) is 5.92 Å². The minimum Gasteiger partial charge on any atom is -0.369 e. The highest BCUT2D eigenvalue weighted by Gasteiger charge is 2.23. The van der Waals surface area contributed by atoms with Crippen molar-refractivity contribution in [1.82, 2.24) is 24.8 Å². The van der Waals surface area contributed by atoms with E-state index in [9.17, 15) is 0 Å². The first-order valence-corrected chi connectivity index (χ1v) is 11.8. The number of hydrogen-bond donors (Lipinski definition) is 1. The highest BCUT2D eigenvalue weighted by molar-refractivity contribution is 7.19. The van der Waals surface area contributed by atoms with E-state index in [1.165, 1.54) is 28.7 Å². The molecule has 30 heavy (non-hydrogen) atoms. The summed E-state index contributed by atoms with van der Waals surface area (Å²) in [5, 5.41) is 4.89. The number of thiophene rings is 1. The van der Waals surface area contributed by atoms with Crippen molar-refractivity contribution in [1.29, 1.82) is 0 Å². The number of nitrogens with zero attached hydrogens (tertiary/aromatic N) is 6. The molecule has 8 heteroatoms. The molecule has 0 radical (unpaired) electrons. The van der Waals surface area contributed by atoms with Crippen molar-refractivity contribution in [2.75, 3.05) is 49.5 Å². The third-order valence-electron chi connectivity index (χ3n) is 6.24. The van der Waals surface area contributed by atoms with Gasteiger partial charge in [0, 0.05) is 50.0 Å². The molecule has 1 N–H and O–H groups in total. The molecule has 0 aromatic carbocycles. The van der Waals surface area contributed by atoms with Gasteiger partial charge in [-0.2, -0.15) is 0 Å². The molecule has 158 valence electrons. The van der Waals surface area contributed by atoms with Crippen LogP contribution < -0.4 is 10.2 Å². The zero-order chi connectivity index (χ0) is 20.3. The highest BCUT2D eigenvalue weighted by atomic mass is 32.1. The van der Waals surface area contributed by atoms with Crippen LogP contribution in [0.5, 0.6) is 0 Å². The molecular formula is C22H29N7S. The molecule has 2 aliphatic rings. The molecule has 1 unspecified atom stereocenters. The van der Waals surface area contributed by atoms with E-state index in [1.807, 2.05) is 29.8 Å². The number of aryl methyl sites for hydroxylation is 1. The molecule has 7 nitrogen and oxygen atoms in total. The third kappa shape index (κ3) is 4.11. The van der Waals surface area contributed by atoms with Crippen LogP contribution in [-0.2, 0) is 12.8 Å². The zero-order valence-electron chi connectivity index (χ0n) is 17.5. The summed E-state index contributed by atoms with van der Waals surface area (Å²) in [6.45, 7) is 8.50. The summed E-state index contributed by atoms with van der Waals surface area (Å²) in [6, 6.07) is 1.87. The third-order valence-corrected chi connectivity index (χ3v) is 7.40. The second kappa shape index (κ2) is 8.81. The largest absolute Gasteiger partial charge is 0.369 e. The standard InChI is InChI=1S/C22H29N7S/c1-16-4-5-17-18(14-16)30-21-19(17)20(26-15-27-21)23-8-3-9-28-10-12-29(13-11-28)22-24-6-2-7-25-22/h2,6-7,15-16H,3-5,8-14H2,1H3,(H,23,26,27). The zero-order valence-corrected chi connectivity index (χ0v) is 18.4.